The Bertz CT molecular complexity index is 521. The van der Waals surface area contributed by atoms with Crippen LogP contribution in [0.5, 0.6) is 0 Å². The van der Waals surface area contributed by atoms with Gasteiger partial charge in [-0.15, -0.1) is 0 Å². The summed E-state index contributed by atoms with van der Waals surface area (Å²) in [6, 6.07) is 8.55. The Labute approximate surface area is 101 Å². The normalized spacial score (nSPS) is 15.9. The average molecular weight is 227 g/mol. The molecule has 1 saturated heterocycles. The fourth-order valence-corrected chi connectivity index (χ4v) is 2.15. The van der Waals surface area contributed by atoms with E-state index in [9.17, 15) is 0 Å². The van der Waals surface area contributed by atoms with Crippen molar-refractivity contribution in [1.82, 2.24) is 15.3 Å². The first-order chi connectivity index (χ1) is 8.24. The Hall–Kier alpha value is -1.61. The molecule has 2 N–H and O–H groups in total. The molecule has 1 aromatic carbocycles. The van der Waals surface area contributed by atoms with E-state index in [4.69, 9.17) is 4.98 Å². The van der Waals surface area contributed by atoms with Gasteiger partial charge in [-0.25, -0.2) is 4.98 Å². The molecule has 1 fully saturated rings. The van der Waals surface area contributed by atoms with Gasteiger partial charge in [0.25, 0.3) is 0 Å². The number of aromatic nitrogens is 2. The molecular formula is C14H17N3. The topological polar surface area (TPSA) is 40.7 Å². The minimum absolute atomic E-state index is 0.563. The van der Waals surface area contributed by atoms with Crippen molar-refractivity contribution in [2.24, 2.45) is 0 Å². The maximum atomic E-state index is 4.74. The molecule has 0 atom stereocenters. The maximum absolute atomic E-state index is 4.74. The van der Waals surface area contributed by atoms with Crippen LogP contribution < -0.4 is 5.32 Å². The number of imidazole rings is 1. The van der Waals surface area contributed by atoms with Crippen molar-refractivity contribution in [3.63, 3.8) is 0 Å². The van der Waals surface area contributed by atoms with E-state index in [1.54, 1.807) is 0 Å². The summed E-state index contributed by atoms with van der Waals surface area (Å²) >= 11 is 0. The summed E-state index contributed by atoms with van der Waals surface area (Å²) in [4.78, 5) is 8.14. The molecule has 17 heavy (non-hydrogen) atoms. The van der Waals surface area contributed by atoms with Crippen molar-refractivity contribution >= 4 is 0 Å². The molecule has 3 rings (SSSR count). The van der Waals surface area contributed by atoms with Crippen LogP contribution in [0.2, 0.25) is 0 Å². The second-order valence-corrected chi connectivity index (χ2v) is 4.82. The van der Waals surface area contributed by atoms with E-state index in [2.05, 4.69) is 48.4 Å². The molecule has 3 heteroatoms. The standard InChI is InChI=1S/C14H17N3/c1-9-3-5-11(6-4-9)13-10(2)16-14(17-13)12-7-15-8-12/h3-6,12,15H,7-8H2,1-2H3,(H,16,17). The zero-order valence-electron chi connectivity index (χ0n) is 10.2. The van der Waals surface area contributed by atoms with E-state index in [1.165, 1.54) is 11.1 Å². The third-order valence-electron chi connectivity index (χ3n) is 3.40. The minimum atomic E-state index is 0.563. The summed E-state index contributed by atoms with van der Waals surface area (Å²) in [5.74, 6) is 1.68. The molecule has 0 aliphatic carbocycles. The highest BCUT2D eigenvalue weighted by molar-refractivity contribution is 5.62. The number of H-pyrrole nitrogens is 1. The van der Waals surface area contributed by atoms with E-state index in [-0.39, 0.29) is 0 Å². The van der Waals surface area contributed by atoms with Gasteiger partial charge in [0, 0.05) is 30.3 Å². The van der Waals surface area contributed by atoms with Gasteiger partial charge in [-0.3, -0.25) is 0 Å². The quantitative estimate of drug-likeness (QED) is 0.827. The van der Waals surface area contributed by atoms with E-state index < -0.39 is 0 Å². The smallest absolute Gasteiger partial charge is 0.112 e. The summed E-state index contributed by atoms with van der Waals surface area (Å²) in [6.07, 6.45) is 0. The van der Waals surface area contributed by atoms with E-state index >= 15 is 0 Å². The number of aromatic amines is 1. The van der Waals surface area contributed by atoms with Gasteiger partial charge in [0.2, 0.25) is 0 Å². The summed E-state index contributed by atoms with van der Waals surface area (Å²) in [7, 11) is 0. The third kappa shape index (κ3) is 1.87. The van der Waals surface area contributed by atoms with Crippen LogP contribution in [0.3, 0.4) is 0 Å². The first-order valence-corrected chi connectivity index (χ1v) is 6.08. The van der Waals surface area contributed by atoms with Crippen LogP contribution in [0.4, 0.5) is 0 Å². The van der Waals surface area contributed by atoms with Crippen LogP contribution in [-0.2, 0) is 0 Å². The fraction of sp³-hybridized carbons (Fsp3) is 0.357. The fourth-order valence-electron chi connectivity index (χ4n) is 2.15. The summed E-state index contributed by atoms with van der Waals surface area (Å²) < 4.78 is 0. The maximum Gasteiger partial charge on any atom is 0.112 e. The molecule has 1 aliphatic heterocycles. The zero-order chi connectivity index (χ0) is 11.8. The van der Waals surface area contributed by atoms with E-state index in [0.29, 0.717) is 5.92 Å². The molecule has 1 aliphatic rings. The monoisotopic (exact) mass is 227 g/mol. The van der Waals surface area contributed by atoms with Crippen LogP contribution in [0.1, 0.15) is 23.0 Å². The Morgan fingerprint density at radius 1 is 1.12 bits per heavy atom. The van der Waals surface area contributed by atoms with Gasteiger partial charge in [-0.2, -0.15) is 0 Å². The number of hydrogen-bond acceptors (Lipinski definition) is 2. The second kappa shape index (κ2) is 4.00. The van der Waals surface area contributed by atoms with Crippen LogP contribution in [0.15, 0.2) is 24.3 Å². The number of benzene rings is 1. The first kappa shape index (κ1) is 10.5. The molecular weight excluding hydrogens is 210 g/mol. The molecule has 0 amide bonds. The molecule has 2 heterocycles. The lowest BCUT2D eigenvalue weighted by atomic mass is 10.0. The van der Waals surface area contributed by atoms with E-state index in [1.807, 2.05) is 0 Å². The SMILES string of the molecule is Cc1ccc(-c2nc(C3CNC3)[nH]c2C)cc1. The molecule has 0 bridgehead atoms. The lowest BCUT2D eigenvalue weighted by molar-refractivity contribution is 0.432. The van der Waals surface area contributed by atoms with Gasteiger partial charge in [0.05, 0.1) is 5.69 Å². The van der Waals surface area contributed by atoms with E-state index in [0.717, 1.165) is 30.3 Å². The minimum Gasteiger partial charge on any atom is -0.345 e. The van der Waals surface area contributed by atoms with Gasteiger partial charge >= 0.3 is 0 Å². The Kier molecular flexibility index (Phi) is 2.48. The highest BCUT2D eigenvalue weighted by atomic mass is 15.0. The molecule has 0 spiro atoms. The Morgan fingerprint density at radius 3 is 2.41 bits per heavy atom. The number of rotatable bonds is 2. The van der Waals surface area contributed by atoms with Crippen molar-refractivity contribution in [3.8, 4) is 11.3 Å². The van der Waals surface area contributed by atoms with Gasteiger partial charge in [-0.05, 0) is 13.8 Å². The van der Waals surface area contributed by atoms with Crippen molar-refractivity contribution in [3.05, 3.63) is 41.3 Å². The van der Waals surface area contributed by atoms with Crippen LogP contribution in [-0.4, -0.2) is 23.1 Å². The number of nitrogens with zero attached hydrogens (tertiary/aromatic N) is 1. The van der Waals surface area contributed by atoms with Crippen LogP contribution in [0.25, 0.3) is 11.3 Å². The van der Waals surface area contributed by atoms with Crippen molar-refractivity contribution in [2.75, 3.05) is 13.1 Å². The highest BCUT2D eigenvalue weighted by Crippen LogP contribution is 2.25. The Balaban J connectivity index is 1.96. The van der Waals surface area contributed by atoms with Gasteiger partial charge < -0.3 is 10.3 Å². The molecule has 3 nitrogen and oxygen atoms in total. The van der Waals surface area contributed by atoms with Crippen LogP contribution >= 0.6 is 0 Å². The van der Waals surface area contributed by atoms with Crippen molar-refractivity contribution in [2.45, 2.75) is 19.8 Å². The van der Waals surface area contributed by atoms with Crippen molar-refractivity contribution in [1.29, 1.82) is 0 Å². The lowest BCUT2D eigenvalue weighted by Gasteiger charge is -2.24. The lowest BCUT2D eigenvalue weighted by Crippen LogP contribution is -2.40. The third-order valence-corrected chi connectivity index (χ3v) is 3.40. The average Bonchev–Trinajstić information content (AvgIpc) is 2.59. The molecule has 0 radical (unpaired) electrons. The number of hydrogen-bond donors (Lipinski definition) is 2. The molecule has 88 valence electrons. The molecule has 0 saturated carbocycles. The molecule has 0 unspecified atom stereocenters. The van der Waals surface area contributed by atoms with Crippen molar-refractivity contribution < 1.29 is 0 Å². The van der Waals surface area contributed by atoms with Gasteiger partial charge in [0.1, 0.15) is 5.82 Å². The predicted molar refractivity (Wildman–Crippen MR) is 69.1 cm³/mol. The van der Waals surface area contributed by atoms with Gasteiger partial charge in [-0.1, -0.05) is 29.8 Å². The second-order valence-electron chi connectivity index (χ2n) is 4.82. The number of aryl methyl sites for hydroxylation is 2. The molecule has 1 aromatic heterocycles. The number of nitrogens with one attached hydrogen (secondary N) is 2. The largest absolute Gasteiger partial charge is 0.345 e. The first-order valence-electron chi connectivity index (χ1n) is 6.08. The van der Waals surface area contributed by atoms with Gasteiger partial charge in [0.15, 0.2) is 0 Å². The van der Waals surface area contributed by atoms with Crippen LogP contribution in [0, 0.1) is 13.8 Å². The molecule has 2 aromatic rings. The predicted octanol–water partition coefficient (Wildman–Crippen LogP) is 2.38. The zero-order valence-corrected chi connectivity index (χ0v) is 10.2. The summed E-state index contributed by atoms with van der Waals surface area (Å²) in [5, 5.41) is 3.28. The highest BCUT2D eigenvalue weighted by Gasteiger charge is 2.23. The summed E-state index contributed by atoms with van der Waals surface area (Å²) in [6.45, 7) is 6.28. The Morgan fingerprint density at radius 2 is 1.82 bits per heavy atom. The summed E-state index contributed by atoms with van der Waals surface area (Å²) in [5.41, 5.74) is 4.73.